The zero-order valence-corrected chi connectivity index (χ0v) is 26.9. The Morgan fingerprint density at radius 1 is 0.956 bits per heavy atom. The van der Waals surface area contributed by atoms with Gasteiger partial charge >= 0.3 is 6.09 Å². The van der Waals surface area contributed by atoms with Crippen LogP contribution in [0.5, 0.6) is 11.6 Å². The summed E-state index contributed by atoms with van der Waals surface area (Å²) in [4.78, 5) is 38.3. The first-order valence-electron chi connectivity index (χ1n) is 15.2. The normalized spacial score (nSPS) is 16.4. The molecule has 13 heteroatoms. The van der Waals surface area contributed by atoms with Crippen LogP contribution in [-0.2, 0) is 11.3 Å². The van der Waals surface area contributed by atoms with Crippen LogP contribution in [0.2, 0.25) is 10.0 Å². The SMILES string of the molecule is CC(=O)NCC1CCN(Cc2cc(Oc3ccc(N4CCN(CCNC(=O)O)CC4)nc3)nc(-c3cc(Cl)cc(Cl)c3)c2)CC1. The first-order chi connectivity index (χ1) is 21.7. The predicted octanol–water partition coefficient (Wildman–Crippen LogP) is 4.98. The number of carbonyl (C=O) groups excluding carboxylic acids is 1. The van der Waals surface area contributed by atoms with Gasteiger partial charge in [-0.1, -0.05) is 23.2 Å². The number of carboxylic acid groups (broad SMARTS) is 1. The van der Waals surface area contributed by atoms with Crippen LogP contribution in [0.4, 0.5) is 10.6 Å². The second-order valence-electron chi connectivity index (χ2n) is 11.5. The Bertz CT molecular complexity index is 1440. The van der Waals surface area contributed by atoms with Gasteiger partial charge < -0.3 is 25.4 Å². The molecule has 11 nitrogen and oxygen atoms in total. The van der Waals surface area contributed by atoms with Crippen molar-refractivity contribution in [2.75, 3.05) is 63.8 Å². The second-order valence-corrected chi connectivity index (χ2v) is 12.4. The van der Waals surface area contributed by atoms with Crippen molar-refractivity contribution in [2.45, 2.75) is 26.3 Å². The number of aromatic nitrogens is 2. The quantitative estimate of drug-likeness (QED) is 0.262. The first kappa shape index (κ1) is 32.7. The zero-order valence-electron chi connectivity index (χ0n) is 25.3. The number of carbonyl (C=O) groups is 2. The largest absolute Gasteiger partial charge is 0.465 e. The molecule has 0 bridgehead atoms. The fraction of sp³-hybridized carbons (Fsp3) is 0.438. The van der Waals surface area contributed by atoms with E-state index in [1.165, 1.54) is 0 Å². The predicted molar refractivity (Wildman–Crippen MR) is 175 cm³/mol. The van der Waals surface area contributed by atoms with Crippen LogP contribution in [0.25, 0.3) is 11.3 Å². The Hall–Kier alpha value is -3.64. The van der Waals surface area contributed by atoms with E-state index in [0.29, 0.717) is 46.4 Å². The lowest BCUT2D eigenvalue weighted by Gasteiger charge is -2.35. The van der Waals surface area contributed by atoms with Gasteiger partial charge in [0.25, 0.3) is 0 Å². The molecule has 45 heavy (non-hydrogen) atoms. The molecule has 240 valence electrons. The molecular formula is C32H39Cl2N7O4. The highest BCUT2D eigenvalue weighted by Crippen LogP contribution is 2.31. The third kappa shape index (κ3) is 9.92. The minimum atomic E-state index is -0.997. The molecule has 1 aromatic carbocycles. The number of halogens is 2. The van der Waals surface area contributed by atoms with Crippen molar-refractivity contribution in [2.24, 2.45) is 5.92 Å². The third-order valence-electron chi connectivity index (χ3n) is 8.12. The lowest BCUT2D eigenvalue weighted by atomic mass is 9.96. The summed E-state index contributed by atoms with van der Waals surface area (Å²) in [5.74, 6) is 2.41. The molecule has 0 spiro atoms. The molecule has 2 amide bonds. The Kier molecular flexibility index (Phi) is 11.3. The monoisotopic (exact) mass is 655 g/mol. The molecule has 4 heterocycles. The number of anilines is 1. The van der Waals surface area contributed by atoms with E-state index in [-0.39, 0.29) is 5.91 Å². The average Bonchev–Trinajstić information content (AvgIpc) is 3.01. The summed E-state index contributed by atoms with van der Waals surface area (Å²) in [6.45, 7) is 9.30. The maximum atomic E-state index is 11.3. The van der Waals surface area contributed by atoms with Crippen molar-refractivity contribution >= 4 is 41.0 Å². The number of benzene rings is 1. The van der Waals surface area contributed by atoms with E-state index in [1.807, 2.05) is 30.3 Å². The molecule has 2 fully saturated rings. The number of rotatable bonds is 11. The molecule has 2 saturated heterocycles. The standard InChI is InChI=1S/C32H39Cl2N7O4/c1-22(42)36-19-23-4-7-40(8-5-23)21-24-14-29(25-16-26(33)18-27(34)17-25)38-31(15-24)45-28-2-3-30(37-20-28)41-12-10-39(11-13-41)9-6-35-32(43)44/h2-3,14-18,20,23,35H,4-13,19,21H2,1H3,(H,36,42)(H,43,44). The van der Waals surface area contributed by atoms with E-state index in [0.717, 1.165) is 82.1 Å². The first-order valence-corrected chi connectivity index (χ1v) is 16.0. The van der Waals surface area contributed by atoms with Crippen LogP contribution in [-0.4, -0.2) is 95.8 Å². The lowest BCUT2D eigenvalue weighted by molar-refractivity contribution is -0.119. The van der Waals surface area contributed by atoms with Gasteiger partial charge in [-0.05, 0) is 73.8 Å². The van der Waals surface area contributed by atoms with Crippen LogP contribution in [0, 0.1) is 5.92 Å². The summed E-state index contributed by atoms with van der Waals surface area (Å²) in [6, 6.07) is 13.2. The van der Waals surface area contributed by atoms with Crippen molar-refractivity contribution in [3.05, 3.63) is 64.3 Å². The average molecular weight is 657 g/mol. The number of piperidine rings is 1. The van der Waals surface area contributed by atoms with Gasteiger partial charge in [-0.3, -0.25) is 14.6 Å². The molecular weight excluding hydrogens is 617 g/mol. The van der Waals surface area contributed by atoms with Crippen molar-refractivity contribution in [3.8, 4) is 22.9 Å². The number of hydrogen-bond donors (Lipinski definition) is 3. The van der Waals surface area contributed by atoms with E-state index in [2.05, 4.69) is 36.4 Å². The molecule has 3 aromatic rings. The minimum Gasteiger partial charge on any atom is -0.465 e. The van der Waals surface area contributed by atoms with Crippen LogP contribution in [0.1, 0.15) is 25.3 Å². The molecule has 5 rings (SSSR count). The van der Waals surface area contributed by atoms with Gasteiger partial charge in [0.05, 0.1) is 11.9 Å². The fourth-order valence-electron chi connectivity index (χ4n) is 5.71. The second kappa shape index (κ2) is 15.6. The van der Waals surface area contributed by atoms with E-state index >= 15 is 0 Å². The van der Waals surface area contributed by atoms with E-state index in [1.54, 1.807) is 19.2 Å². The molecule has 0 unspecified atom stereocenters. The highest BCUT2D eigenvalue weighted by Gasteiger charge is 2.21. The summed E-state index contributed by atoms with van der Waals surface area (Å²) in [6.07, 6.45) is 2.77. The summed E-state index contributed by atoms with van der Waals surface area (Å²) < 4.78 is 6.25. The van der Waals surface area contributed by atoms with Gasteiger partial charge in [0, 0.05) is 81.0 Å². The van der Waals surface area contributed by atoms with Crippen molar-refractivity contribution in [1.82, 2.24) is 30.4 Å². The number of nitrogens with zero attached hydrogens (tertiary/aromatic N) is 5. The smallest absolute Gasteiger partial charge is 0.404 e. The van der Waals surface area contributed by atoms with E-state index in [4.69, 9.17) is 38.0 Å². The van der Waals surface area contributed by atoms with Gasteiger partial charge in [-0.15, -0.1) is 0 Å². The van der Waals surface area contributed by atoms with Crippen LogP contribution in [0.15, 0.2) is 48.7 Å². The third-order valence-corrected chi connectivity index (χ3v) is 8.55. The molecule has 2 aliphatic heterocycles. The van der Waals surface area contributed by atoms with Crippen molar-refractivity contribution in [3.63, 3.8) is 0 Å². The Labute approximate surface area is 273 Å². The fourth-order valence-corrected chi connectivity index (χ4v) is 6.24. The number of amides is 2. The Morgan fingerprint density at radius 2 is 1.69 bits per heavy atom. The van der Waals surface area contributed by atoms with Gasteiger partial charge in [0.2, 0.25) is 11.8 Å². The highest BCUT2D eigenvalue weighted by atomic mass is 35.5. The van der Waals surface area contributed by atoms with Crippen molar-refractivity contribution in [1.29, 1.82) is 0 Å². The van der Waals surface area contributed by atoms with Gasteiger partial charge in [-0.2, -0.15) is 0 Å². The van der Waals surface area contributed by atoms with E-state index in [9.17, 15) is 9.59 Å². The number of ether oxygens (including phenoxy) is 1. The number of pyridine rings is 2. The molecule has 2 aliphatic rings. The zero-order chi connectivity index (χ0) is 31.8. The summed E-state index contributed by atoms with van der Waals surface area (Å²) in [5, 5.41) is 15.2. The highest BCUT2D eigenvalue weighted by molar-refractivity contribution is 6.35. The summed E-state index contributed by atoms with van der Waals surface area (Å²) in [5.41, 5.74) is 2.58. The maximum Gasteiger partial charge on any atom is 0.404 e. The summed E-state index contributed by atoms with van der Waals surface area (Å²) in [7, 11) is 0. The van der Waals surface area contributed by atoms with Gasteiger partial charge in [-0.25, -0.2) is 14.8 Å². The Morgan fingerprint density at radius 3 is 2.33 bits per heavy atom. The molecule has 2 aromatic heterocycles. The van der Waals surface area contributed by atoms with Crippen LogP contribution >= 0.6 is 23.2 Å². The number of likely N-dealkylation sites (tertiary alicyclic amines) is 1. The molecule has 0 aliphatic carbocycles. The molecule has 0 radical (unpaired) electrons. The Balaban J connectivity index is 1.25. The molecule has 3 N–H and O–H groups in total. The maximum absolute atomic E-state index is 11.3. The number of nitrogens with one attached hydrogen (secondary N) is 2. The van der Waals surface area contributed by atoms with Crippen LogP contribution in [0.3, 0.4) is 0 Å². The van der Waals surface area contributed by atoms with Gasteiger partial charge in [0.15, 0.2) is 0 Å². The minimum absolute atomic E-state index is 0.0164. The van der Waals surface area contributed by atoms with Gasteiger partial charge in [0.1, 0.15) is 11.6 Å². The summed E-state index contributed by atoms with van der Waals surface area (Å²) >= 11 is 12.7. The van der Waals surface area contributed by atoms with E-state index < -0.39 is 6.09 Å². The number of hydrogen-bond acceptors (Lipinski definition) is 8. The van der Waals surface area contributed by atoms with Crippen LogP contribution < -0.4 is 20.3 Å². The lowest BCUT2D eigenvalue weighted by Crippen LogP contribution is -2.48. The topological polar surface area (TPSA) is 123 Å². The number of piperazine rings is 1. The molecule has 0 atom stereocenters. The van der Waals surface area contributed by atoms with Crippen molar-refractivity contribution < 1.29 is 19.4 Å². The molecule has 0 saturated carbocycles.